The van der Waals surface area contributed by atoms with Crippen molar-refractivity contribution in [3.05, 3.63) is 66.2 Å². The SMILES string of the molecule is CC(SC1=NN=C(c2ccccc2)C1)C(=O)Nc1ccccc1. The van der Waals surface area contributed by atoms with Gasteiger partial charge in [0, 0.05) is 12.1 Å². The second-order valence-electron chi connectivity index (χ2n) is 5.20. The molecule has 0 fully saturated rings. The maximum absolute atomic E-state index is 12.2. The fourth-order valence-electron chi connectivity index (χ4n) is 2.21. The lowest BCUT2D eigenvalue weighted by Crippen LogP contribution is -2.23. The van der Waals surface area contributed by atoms with Crippen molar-refractivity contribution in [2.45, 2.75) is 18.6 Å². The molecule has 116 valence electrons. The van der Waals surface area contributed by atoms with Gasteiger partial charge in [-0.3, -0.25) is 4.79 Å². The molecule has 0 aromatic heterocycles. The summed E-state index contributed by atoms with van der Waals surface area (Å²) >= 11 is 1.46. The Morgan fingerprint density at radius 2 is 1.70 bits per heavy atom. The van der Waals surface area contributed by atoms with Crippen LogP contribution in [0.4, 0.5) is 5.69 Å². The monoisotopic (exact) mass is 323 g/mol. The number of carbonyl (C=O) groups excluding carboxylic acids is 1. The molecule has 1 amide bonds. The quantitative estimate of drug-likeness (QED) is 0.926. The molecule has 0 bridgehead atoms. The lowest BCUT2D eigenvalue weighted by Gasteiger charge is -2.11. The number of anilines is 1. The average molecular weight is 323 g/mol. The number of carbonyl (C=O) groups is 1. The Hall–Kier alpha value is -2.40. The summed E-state index contributed by atoms with van der Waals surface area (Å²) in [6.07, 6.45) is 0.678. The van der Waals surface area contributed by atoms with Crippen LogP contribution in [0.1, 0.15) is 18.9 Å². The molecule has 0 saturated carbocycles. The van der Waals surface area contributed by atoms with Crippen molar-refractivity contribution >= 4 is 34.1 Å². The number of nitrogens with zero attached hydrogens (tertiary/aromatic N) is 2. The smallest absolute Gasteiger partial charge is 0.237 e. The van der Waals surface area contributed by atoms with Crippen LogP contribution >= 0.6 is 11.8 Å². The molecule has 4 nitrogen and oxygen atoms in total. The minimum Gasteiger partial charge on any atom is -0.325 e. The maximum atomic E-state index is 12.2. The molecule has 1 unspecified atom stereocenters. The molecule has 23 heavy (non-hydrogen) atoms. The minimum atomic E-state index is -0.223. The van der Waals surface area contributed by atoms with Crippen LogP contribution in [-0.4, -0.2) is 21.9 Å². The van der Waals surface area contributed by atoms with Crippen molar-refractivity contribution in [1.29, 1.82) is 0 Å². The summed E-state index contributed by atoms with van der Waals surface area (Å²) in [5.74, 6) is -0.0305. The first kappa shape index (κ1) is 15.5. The molecule has 2 aromatic rings. The van der Waals surface area contributed by atoms with E-state index in [9.17, 15) is 4.79 Å². The van der Waals surface area contributed by atoms with Crippen LogP contribution in [0.5, 0.6) is 0 Å². The highest BCUT2D eigenvalue weighted by Gasteiger charge is 2.21. The predicted octanol–water partition coefficient (Wildman–Crippen LogP) is 3.95. The normalized spacial score (nSPS) is 14.8. The van der Waals surface area contributed by atoms with Crippen molar-refractivity contribution in [3.63, 3.8) is 0 Å². The van der Waals surface area contributed by atoms with E-state index >= 15 is 0 Å². The molecule has 1 N–H and O–H groups in total. The van der Waals surface area contributed by atoms with Gasteiger partial charge in [-0.1, -0.05) is 60.3 Å². The van der Waals surface area contributed by atoms with E-state index in [4.69, 9.17) is 0 Å². The first-order chi connectivity index (χ1) is 11.2. The summed E-state index contributed by atoms with van der Waals surface area (Å²) in [7, 11) is 0. The Morgan fingerprint density at radius 3 is 2.39 bits per heavy atom. The second-order valence-corrected chi connectivity index (χ2v) is 6.61. The Labute approximate surface area is 139 Å². The molecule has 0 aliphatic carbocycles. The van der Waals surface area contributed by atoms with E-state index in [2.05, 4.69) is 15.5 Å². The van der Waals surface area contributed by atoms with Crippen molar-refractivity contribution in [2.75, 3.05) is 5.32 Å². The van der Waals surface area contributed by atoms with Gasteiger partial charge in [0.25, 0.3) is 0 Å². The first-order valence-corrected chi connectivity index (χ1v) is 8.32. The highest BCUT2D eigenvalue weighted by molar-refractivity contribution is 8.15. The molecular formula is C18H17N3OS. The number of amides is 1. The fourth-order valence-corrected chi connectivity index (χ4v) is 3.09. The number of hydrogen-bond acceptors (Lipinski definition) is 4. The summed E-state index contributed by atoms with van der Waals surface area (Å²) < 4.78 is 0. The third-order valence-electron chi connectivity index (χ3n) is 3.43. The molecule has 5 heteroatoms. The Kier molecular flexibility index (Phi) is 4.88. The van der Waals surface area contributed by atoms with Gasteiger partial charge in [0.2, 0.25) is 5.91 Å². The number of nitrogens with one attached hydrogen (secondary N) is 1. The zero-order chi connectivity index (χ0) is 16.1. The van der Waals surface area contributed by atoms with Crippen molar-refractivity contribution in [3.8, 4) is 0 Å². The maximum Gasteiger partial charge on any atom is 0.237 e. The first-order valence-electron chi connectivity index (χ1n) is 7.44. The summed E-state index contributed by atoms with van der Waals surface area (Å²) in [5.41, 5.74) is 2.83. The van der Waals surface area contributed by atoms with E-state index < -0.39 is 0 Å². The molecule has 1 aliphatic heterocycles. The van der Waals surface area contributed by atoms with Gasteiger partial charge in [-0.25, -0.2) is 0 Å². The molecule has 0 radical (unpaired) electrons. The van der Waals surface area contributed by atoms with Gasteiger partial charge >= 0.3 is 0 Å². The summed E-state index contributed by atoms with van der Waals surface area (Å²) in [6, 6.07) is 19.5. The van der Waals surface area contributed by atoms with Crippen LogP contribution in [0, 0.1) is 0 Å². The van der Waals surface area contributed by atoms with Gasteiger partial charge in [-0.2, -0.15) is 5.10 Å². The molecule has 0 spiro atoms. The number of hydrogen-bond donors (Lipinski definition) is 1. The van der Waals surface area contributed by atoms with E-state index in [-0.39, 0.29) is 11.2 Å². The molecule has 1 heterocycles. The minimum absolute atomic E-state index is 0.0305. The highest BCUT2D eigenvalue weighted by Crippen LogP contribution is 2.23. The molecule has 3 rings (SSSR count). The molecule has 1 atom stereocenters. The van der Waals surface area contributed by atoms with Crippen LogP contribution in [0.25, 0.3) is 0 Å². The Morgan fingerprint density at radius 1 is 1.04 bits per heavy atom. The van der Waals surface area contributed by atoms with Gasteiger partial charge in [0.05, 0.1) is 11.0 Å². The number of benzene rings is 2. The van der Waals surface area contributed by atoms with E-state index in [0.717, 1.165) is 22.0 Å². The standard InChI is InChI=1S/C18H17N3OS/c1-13(18(22)19-15-10-6-3-7-11-15)23-17-12-16(20-21-17)14-8-4-2-5-9-14/h2-11,13H,12H2,1H3,(H,19,22). The zero-order valence-corrected chi connectivity index (χ0v) is 13.6. The molecular weight excluding hydrogens is 306 g/mol. The van der Waals surface area contributed by atoms with E-state index in [1.54, 1.807) is 0 Å². The number of thioether (sulfide) groups is 1. The lowest BCUT2D eigenvalue weighted by atomic mass is 10.1. The van der Waals surface area contributed by atoms with Crippen LogP contribution in [0.2, 0.25) is 0 Å². The molecule has 0 saturated heterocycles. The van der Waals surface area contributed by atoms with Crippen LogP contribution < -0.4 is 5.32 Å². The average Bonchev–Trinajstić information content (AvgIpc) is 3.05. The van der Waals surface area contributed by atoms with Gasteiger partial charge in [-0.05, 0) is 24.6 Å². The largest absolute Gasteiger partial charge is 0.325 e. The van der Waals surface area contributed by atoms with Crippen molar-refractivity contribution in [2.24, 2.45) is 10.2 Å². The van der Waals surface area contributed by atoms with Gasteiger partial charge in [0.15, 0.2) is 0 Å². The third kappa shape index (κ3) is 4.07. The Bertz CT molecular complexity index is 741. The second kappa shape index (κ2) is 7.24. The molecule has 1 aliphatic rings. The Balaban J connectivity index is 1.53. The highest BCUT2D eigenvalue weighted by atomic mass is 32.2. The zero-order valence-electron chi connectivity index (χ0n) is 12.8. The summed E-state index contributed by atoms with van der Waals surface area (Å²) in [5, 5.41) is 12.0. The van der Waals surface area contributed by atoms with E-state index in [1.165, 1.54) is 11.8 Å². The van der Waals surface area contributed by atoms with Gasteiger partial charge in [-0.15, -0.1) is 5.10 Å². The van der Waals surface area contributed by atoms with Crippen LogP contribution in [0.3, 0.4) is 0 Å². The van der Waals surface area contributed by atoms with Crippen molar-refractivity contribution in [1.82, 2.24) is 0 Å². The molecule has 2 aromatic carbocycles. The van der Waals surface area contributed by atoms with Crippen LogP contribution in [-0.2, 0) is 4.79 Å². The van der Waals surface area contributed by atoms with Crippen molar-refractivity contribution < 1.29 is 4.79 Å². The fraction of sp³-hybridized carbons (Fsp3) is 0.167. The van der Waals surface area contributed by atoms with Crippen LogP contribution in [0.15, 0.2) is 70.9 Å². The summed E-state index contributed by atoms with van der Waals surface area (Å²) in [6.45, 7) is 1.88. The van der Waals surface area contributed by atoms with E-state index in [0.29, 0.717) is 6.42 Å². The number of rotatable bonds is 4. The van der Waals surface area contributed by atoms with E-state index in [1.807, 2.05) is 67.6 Å². The third-order valence-corrected chi connectivity index (χ3v) is 4.50. The number of para-hydroxylation sites is 1. The predicted molar refractivity (Wildman–Crippen MR) is 97.2 cm³/mol. The summed E-state index contributed by atoms with van der Waals surface area (Å²) in [4.78, 5) is 12.2. The lowest BCUT2D eigenvalue weighted by molar-refractivity contribution is -0.115. The van der Waals surface area contributed by atoms with Gasteiger partial charge in [0.1, 0.15) is 5.04 Å². The topological polar surface area (TPSA) is 53.8 Å². The van der Waals surface area contributed by atoms with Gasteiger partial charge < -0.3 is 5.32 Å².